The molecule has 20 heavy (non-hydrogen) atoms. The smallest absolute Gasteiger partial charge is 0.0965 e. The van der Waals surface area contributed by atoms with Gasteiger partial charge in [-0.1, -0.05) is 24.6 Å². The van der Waals surface area contributed by atoms with Gasteiger partial charge in [0.1, 0.15) is 0 Å². The van der Waals surface area contributed by atoms with Gasteiger partial charge in [0.2, 0.25) is 0 Å². The monoisotopic (exact) mass is 288 g/mol. The van der Waals surface area contributed by atoms with Crippen LogP contribution in [0.5, 0.6) is 0 Å². The minimum Gasteiger partial charge on any atom is -0.309 e. The van der Waals surface area contributed by atoms with Crippen LogP contribution in [-0.4, -0.2) is 11.5 Å². The number of rotatable bonds is 5. The first kappa shape index (κ1) is 15.2. The Morgan fingerprint density at radius 3 is 2.35 bits per heavy atom. The average Bonchev–Trinajstić information content (AvgIpc) is 2.88. The Labute approximate surface area is 126 Å². The van der Waals surface area contributed by atoms with E-state index in [-0.39, 0.29) is 0 Å². The number of nitrogens with one attached hydrogen (secondary N) is 1. The third-order valence-corrected chi connectivity index (χ3v) is 4.78. The molecule has 3 heteroatoms. The molecule has 2 rings (SSSR count). The maximum absolute atomic E-state index is 4.39. The maximum Gasteiger partial charge on any atom is 0.0965 e. The molecule has 108 valence electrons. The van der Waals surface area contributed by atoms with Crippen LogP contribution in [0.3, 0.4) is 0 Å². The fraction of sp³-hybridized carbons (Fsp3) is 0.471. The quantitative estimate of drug-likeness (QED) is 0.875. The van der Waals surface area contributed by atoms with E-state index in [0.717, 1.165) is 6.54 Å². The van der Waals surface area contributed by atoms with E-state index < -0.39 is 0 Å². The van der Waals surface area contributed by atoms with Gasteiger partial charge in [-0.25, -0.2) is 4.98 Å². The predicted octanol–water partition coefficient (Wildman–Crippen LogP) is 4.52. The molecule has 0 saturated heterocycles. The van der Waals surface area contributed by atoms with Crippen LogP contribution in [0.4, 0.5) is 0 Å². The molecule has 0 amide bonds. The first-order chi connectivity index (χ1) is 9.49. The van der Waals surface area contributed by atoms with Crippen LogP contribution in [0.15, 0.2) is 23.7 Å². The zero-order valence-corrected chi connectivity index (χ0v) is 13.8. The highest BCUT2D eigenvalue weighted by molar-refractivity contribution is 7.09. The second kappa shape index (κ2) is 6.51. The summed E-state index contributed by atoms with van der Waals surface area (Å²) in [5.74, 6) is 0.462. The van der Waals surface area contributed by atoms with Crippen molar-refractivity contribution >= 4 is 11.3 Å². The van der Waals surface area contributed by atoms with Gasteiger partial charge in [-0.3, -0.25) is 0 Å². The Morgan fingerprint density at radius 1 is 1.15 bits per heavy atom. The molecule has 0 aliphatic carbocycles. The molecule has 2 unspecified atom stereocenters. The van der Waals surface area contributed by atoms with E-state index in [1.807, 2.05) is 11.6 Å². The van der Waals surface area contributed by atoms with Crippen molar-refractivity contribution in [3.8, 4) is 0 Å². The third kappa shape index (κ3) is 3.47. The zero-order valence-electron chi connectivity index (χ0n) is 13.0. The van der Waals surface area contributed by atoms with Crippen LogP contribution in [0, 0.1) is 20.8 Å². The summed E-state index contributed by atoms with van der Waals surface area (Å²) < 4.78 is 0. The van der Waals surface area contributed by atoms with Crippen molar-refractivity contribution in [1.29, 1.82) is 0 Å². The van der Waals surface area contributed by atoms with Gasteiger partial charge in [-0.05, 0) is 44.4 Å². The van der Waals surface area contributed by atoms with Crippen molar-refractivity contribution in [2.24, 2.45) is 0 Å². The fourth-order valence-corrected chi connectivity index (χ4v) is 3.59. The molecule has 2 atom stereocenters. The molecule has 0 aliphatic heterocycles. The van der Waals surface area contributed by atoms with Gasteiger partial charge >= 0.3 is 0 Å². The van der Waals surface area contributed by atoms with Gasteiger partial charge < -0.3 is 5.32 Å². The highest BCUT2D eigenvalue weighted by atomic mass is 32.1. The largest absolute Gasteiger partial charge is 0.309 e. The molecule has 1 aromatic carbocycles. The van der Waals surface area contributed by atoms with Crippen molar-refractivity contribution in [1.82, 2.24) is 10.3 Å². The number of hydrogen-bond donors (Lipinski definition) is 1. The van der Waals surface area contributed by atoms with Crippen LogP contribution in [-0.2, 0) is 0 Å². The highest BCUT2D eigenvalue weighted by Gasteiger charge is 2.14. The van der Waals surface area contributed by atoms with E-state index in [2.05, 4.69) is 57.1 Å². The molecular weight excluding hydrogens is 264 g/mol. The lowest BCUT2D eigenvalue weighted by atomic mass is 9.94. The summed E-state index contributed by atoms with van der Waals surface area (Å²) in [5, 5.41) is 6.91. The molecule has 0 fully saturated rings. The molecule has 0 spiro atoms. The van der Waals surface area contributed by atoms with E-state index in [1.165, 1.54) is 27.3 Å². The van der Waals surface area contributed by atoms with Gasteiger partial charge in [0, 0.05) is 30.1 Å². The standard InChI is InChI=1S/C17H24N2S/c1-11-8-12(2)16(13(3)9-11)15(5)19-10-14(4)17-18-6-7-20-17/h6-9,14-15,19H,10H2,1-5H3. The van der Waals surface area contributed by atoms with Crippen molar-refractivity contribution in [2.45, 2.75) is 46.6 Å². The number of nitrogens with zero attached hydrogens (tertiary/aromatic N) is 1. The number of hydrogen-bond acceptors (Lipinski definition) is 3. The summed E-state index contributed by atoms with van der Waals surface area (Å²) in [6.45, 7) is 12.0. The highest BCUT2D eigenvalue weighted by Crippen LogP contribution is 2.24. The molecule has 1 aromatic heterocycles. The van der Waals surface area contributed by atoms with Crippen molar-refractivity contribution in [2.75, 3.05) is 6.54 Å². The molecule has 1 N–H and O–H groups in total. The van der Waals surface area contributed by atoms with Crippen LogP contribution in [0.1, 0.15) is 53.1 Å². The third-order valence-electron chi connectivity index (χ3n) is 3.77. The van der Waals surface area contributed by atoms with E-state index >= 15 is 0 Å². The Bertz CT molecular complexity index is 537. The van der Waals surface area contributed by atoms with Crippen LogP contribution < -0.4 is 5.32 Å². The lowest BCUT2D eigenvalue weighted by Gasteiger charge is -2.21. The lowest BCUT2D eigenvalue weighted by Crippen LogP contribution is -2.24. The maximum atomic E-state index is 4.39. The zero-order chi connectivity index (χ0) is 14.7. The first-order valence-corrected chi connectivity index (χ1v) is 8.07. The Balaban J connectivity index is 2.04. The summed E-state index contributed by atoms with van der Waals surface area (Å²) >= 11 is 1.74. The summed E-state index contributed by atoms with van der Waals surface area (Å²) in [4.78, 5) is 4.39. The van der Waals surface area contributed by atoms with Crippen molar-refractivity contribution in [3.05, 3.63) is 51.0 Å². The van der Waals surface area contributed by atoms with Gasteiger partial charge in [0.25, 0.3) is 0 Å². The second-order valence-corrected chi connectivity index (χ2v) is 6.64. The summed E-state index contributed by atoms with van der Waals surface area (Å²) in [7, 11) is 0. The number of aromatic nitrogens is 1. The van der Waals surface area contributed by atoms with Gasteiger partial charge in [-0.15, -0.1) is 11.3 Å². The summed E-state index contributed by atoms with van der Waals surface area (Å²) in [6, 6.07) is 4.91. The number of aryl methyl sites for hydroxylation is 3. The molecular formula is C17H24N2S. The fourth-order valence-electron chi connectivity index (χ4n) is 2.89. The topological polar surface area (TPSA) is 24.9 Å². The minimum atomic E-state index is 0.373. The van der Waals surface area contributed by atoms with E-state index in [0.29, 0.717) is 12.0 Å². The van der Waals surface area contributed by atoms with Crippen LogP contribution in [0.25, 0.3) is 0 Å². The molecule has 2 nitrogen and oxygen atoms in total. The van der Waals surface area contributed by atoms with Gasteiger partial charge in [0.05, 0.1) is 5.01 Å². The predicted molar refractivity (Wildman–Crippen MR) is 87.6 cm³/mol. The van der Waals surface area contributed by atoms with E-state index in [1.54, 1.807) is 11.3 Å². The van der Waals surface area contributed by atoms with Crippen molar-refractivity contribution in [3.63, 3.8) is 0 Å². The second-order valence-electron chi connectivity index (χ2n) is 5.71. The average molecular weight is 288 g/mol. The Hall–Kier alpha value is -1.19. The normalized spacial score (nSPS) is 14.2. The minimum absolute atomic E-state index is 0.373. The Kier molecular flexibility index (Phi) is 4.95. The SMILES string of the molecule is Cc1cc(C)c(C(C)NCC(C)c2nccs2)c(C)c1. The molecule has 2 aromatic rings. The summed E-state index contributed by atoms with van der Waals surface area (Å²) in [5.41, 5.74) is 5.53. The molecule has 0 saturated carbocycles. The van der Waals surface area contributed by atoms with Crippen LogP contribution in [0.2, 0.25) is 0 Å². The van der Waals surface area contributed by atoms with Crippen LogP contribution >= 0.6 is 11.3 Å². The van der Waals surface area contributed by atoms with Gasteiger partial charge in [-0.2, -0.15) is 0 Å². The molecule has 0 bridgehead atoms. The number of benzene rings is 1. The molecule has 0 aliphatic rings. The number of thiazole rings is 1. The van der Waals surface area contributed by atoms with E-state index in [9.17, 15) is 0 Å². The van der Waals surface area contributed by atoms with E-state index in [4.69, 9.17) is 0 Å². The van der Waals surface area contributed by atoms with Gasteiger partial charge in [0.15, 0.2) is 0 Å². The summed E-state index contributed by atoms with van der Waals surface area (Å²) in [6.07, 6.45) is 1.88. The molecule has 0 radical (unpaired) electrons. The van der Waals surface area contributed by atoms with Crippen molar-refractivity contribution < 1.29 is 0 Å². The lowest BCUT2D eigenvalue weighted by molar-refractivity contribution is 0.532. The molecule has 1 heterocycles. The Morgan fingerprint density at radius 2 is 1.80 bits per heavy atom. The first-order valence-electron chi connectivity index (χ1n) is 7.19.